The van der Waals surface area contributed by atoms with Crippen molar-refractivity contribution in [1.29, 1.82) is 0 Å². The van der Waals surface area contributed by atoms with Gasteiger partial charge in [0.25, 0.3) is 0 Å². The lowest BCUT2D eigenvalue weighted by atomic mass is 10.1. The van der Waals surface area contributed by atoms with Crippen molar-refractivity contribution in [2.24, 2.45) is 0 Å². The molecule has 0 amide bonds. The maximum absolute atomic E-state index is 6.14. The predicted octanol–water partition coefficient (Wildman–Crippen LogP) is 3.89. The van der Waals surface area contributed by atoms with E-state index in [1.165, 1.54) is 0 Å². The van der Waals surface area contributed by atoms with Crippen molar-refractivity contribution in [3.63, 3.8) is 0 Å². The quantitative estimate of drug-likeness (QED) is 0.767. The first-order valence-electron chi connectivity index (χ1n) is 6.31. The van der Waals surface area contributed by atoms with Crippen LogP contribution in [-0.2, 0) is 6.42 Å². The summed E-state index contributed by atoms with van der Waals surface area (Å²) in [6, 6.07) is 5.66. The van der Waals surface area contributed by atoms with Crippen LogP contribution in [0.3, 0.4) is 0 Å². The number of aromatic nitrogens is 2. The molecule has 0 aliphatic carbocycles. The van der Waals surface area contributed by atoms with Gasteiger partial charge in [-0.25, -0.2) is 9.97 Å². The first kappa shape index (κ1) is 13.6. The number of rotatable bonds is 2. The number of aryl methyl sites for hydroxylation is 1. The number of ether oxygens (including phenoxy) is 2. The molecule has 4 nitrogen and oxygen atoms in total. The normalized spacial score (nSPS) is 13.3. The van der Waals surface area contributed by atoms with Crippen LogP contribution in [0.4, 0.5) is 0 Å². The van der Waals surface area contributed by atoms with Gasteiger partial charge in [0.2, 0.25) is 0 Å². The summed E-state index contributed by atoms with van der Waals surface area (Å²) >= 11 is 9.54. The van der Waals surface area contributed by atoms with Gasteiger partial charge in [-0.3, -0.25) is 0 Å². The average molecular weight is 356 g/mol. The standard InChI is InChI=1S/C14H12BrClN2O2/c1-2-9-12(15)13(16)18-14(17-9)8-3-4-10-11(7-8)20-6-5-19-10/h3-4,7H,2,5-6H2,1H3. The monoisotopic (exact) mass is 354 g/mol. The Balaban J connectivity index is 2.07. The van der Waals surface area contributed by atoms with E-state index >= 15 is 0 Å². The van der Waals surface area contributed by atoms with Crippen molar-refractivity contribution in [2.75, 3.05) is 13.2 Å². The molecule has 0 saturated carbocycles. The van der Waals surface area contributed by atoms with Gasteiger partial charge < -0.3 is 9.47 Å². The molecule has 0 unspecified atom stereocenters. The molecule has 0 bridgehead atoms. The Morgan fingerprint density at radius 3 is 2.70 bits per heavy atom. The summed E-state index contributed by atoms with van der Waals surface area (Å²) in [5, 5.41) is 0.418. The second-order valence-corrected chi connectivity index (χ2v) is 5.46. The van der Waals surface area contributed by atoms with Gasteiger partial charge >= 0.3 is 0 Å². The molecule has 6 heteroatoms. The smallest absolute Gasteiger partial charge is 0.162 e. The summed E-state index contributed by atoms with van der Waals surface area (Å²) in [6.07, 6.45) is 0.778. The lowest BCUT2D eigenvalue weighted by Crippen LogP contribution is -2.15. The van der Waals surface area contributed by atoms with Gasteiger partial charge in [-0.1, -0.05) is 18.5 Å². The minimum absolute atomic E-state index is 0.418. The number of hydrogen-bond acceptors (Lipinski definition) is 4. The molecule has 2 aromatic rings. The van der Waals surface area contributed by atoms with Crippen LogP contribution in [0.25, 0.3) is 11.4 Å². The highest BCUT2D eigenvalue weighted by Gasteiger charge is 2.15. The molecule has 1 aromatic carbocycles. The van der Waals surface area contributed by atoms with E-state index in [1.807, 2.05) is 25.1 Å². The molecule has 0 fully saturated rings. The van der Waals surface area contributed by atoms with Crippen LogP contribution in [0.2, 0.25) is 5.15 Å². The van der Waals surface area contributed by atoms with Crippen LogP contribution < -0.4 is 9.47 Å². The summed E-state index contributed by atoms with van der Waals surface area (Å²) in [6.45, 7) is 3.16. The van der Waals surface area contributed by atoms with E-state index < -0.39 is 0 Å². The Hall–Kier alpha value is -1.33. The summed E-state index contributed by atoms with van der Waals surface area (Å²) in [7, 11) is 0. The van der Waals surface area contributed by atoms with Gasteiger partial charge in [0.15, 0.2) is 17.3 Å². The van der Waals surface area contributed by atoms with E-state index in [2.05, 4.69) is 25.9 Å². The summed E-state index contributed by atoms with van der Waals surface area (Å²) < 4.78 is 11.8. The van der Waals surface area contributed by atoms with Crippen LogP contribution in [0, 0.1) is 0 Å². The molecule has 0 N–H and O–H groups in total. The van der Waals surface area contributed by atoms with Crippen LogP contribution in [-0.4, -0.2) is 23.2 Å². The third kappa shape index (κ3) is 2.47. The molecular weight excluding hydrogens is 344 g/mol. The van der Waals surface area contributed by atoms with E-state index in [9.17, 15) is 0 Å². The Morgan fingerprint density at radius 1 is 1.20 bits per heavy atom. The molecule has 0 spiro atoms. The summed E-state index contributed by atoms with van der Waals surface area (Å²) in [4.78, 5) is 8.84. The Labute approximate surface area is 130 Å². The van der Waals surface area contributed by atoms with Gasteiger partial charge in [-0.05, 0) is 40.5 Å². The molecular formula is C14H12BrClN2O2. The first-order chi connectivity index (χ1) is 9.69. The van der Waals surface area contributed by atoms with E-state index in [4.69, 9.17) is 21.1 Å². The van der Waals surface area contributed by atoms with E-state index in [-0.39, 0.29) is 0 Å². The Kier molecular flexibility index (Phi) is 3.81. The lowest BCUT2D eigenvalue weighted by molar-refractivity contribution is 0.171. The molecule has 0 radical (unpaired) electrons. The zero-order valence-corrected chi connectivity index (χ0v) is 13.2. The van der Waals surface area contributed by atoms with Crippen molar-refractivity contribution in [3.8, 4) is 22.9 Å². The fraction of sp³-hybridized carbons (Fsp3) is 0.286. The molecule has 1 aliphatic rings. The molecule has 20 heavy (non-hydrogen) atoms. The molecule has 2 heterocycles. The average Bonchev–Trinajstić information content (AvgIpc) is 2.49. The highest BCUT2D eigenvalue weighted by atomic mass is 79.9. The minimum Gasteiger partial charge on any atom is -0.486 e. The fourth-order valence-corrected chi connectivity index (χ4v) is 2.66. The second kappa shape index (κ2) is 5.58. The third-order valence-corrected chi connectivity index (χ3v) is 4.35. The number of halogens is 2. The van der Waals surface area contributed by atoms with E-state index in [0.29, 0.717) is 24.2 Å². The number of benzene rings is 1. The first-order valence-corrected chi connectivity index (χ1v) is 7.48. The fourth-order valence-electron chi connectivity index (χ4n) is 2.01. The van der Waals surface area contributed by atoms with Crippen molar-refractivity contribution in [2.45, 2.75) is 13.3 Å². The van der Waals surface area contributed by atoms with Gasteiger partial charge in [0.1, 0.15) is 18.4 Å². The van der Waals surface area contributed by atoms with Gasteiger partial charge in [-0.15, -0.1) is 0 Å². The number of nitrogens with zero attached hydrogens (tertiary/aromatic N) is 2. The molecule has 104 valence electrons. The van der Waals surface area contributed by atoms with Crippen molar-refractivity contribution >= 4 is 27.5 Å². The molecule has 0 atom stereocenters. The summed E-state index contributed by atoms with van der Waals surface area (Å²) in [5.74, 6) is 2.06. The Bertz CT molecular complexity index is 664. The van der Waals surface area contributed by atoms with E-state index in [1.54, 1.807) is 0 Å². The second-order valence-electron chi connectivity index (χ2n) is 4.31. The maximum atomic E-state index is 6.14. The molecule has 1 aliphatic heterocycles. The SMILES string of the molecule is CCc1nc(-c2ccc3c(c2)OCCO3)nc(Cl)c1Br. The molecule has 1 aromatic heterocycles. The molecule has 3 rings (SSSR count). The van der Waals surface area contributed by atoms with Crippen molar-refractivity contribution in [3.05, 3.63) is 33.5 Å². The molecule has 0 saturated heterocycles. The van der Waals surface area contributed by atoms with Crippen LogP contribution in [0.5, 0.6) is 11.5 Å². The maximum Gasteiger partial charge on any atom is 0.162 e. The van der Waals surface area contributed by atoms with E-state index in [0.717, 1.165) is 33.6 Å². The van der Waals surface area contributed by atoms with Crippen LogP contribution in [0.15, 0.2) is 22.7 Å². The lowest BCUT2D eigenvalue weighted by Gasteiger charge is -2.18. The highest BCUT2D eigenvalue weighted by Crippen LogP contribution is 2.34. The highest BCUT2D eigenvalue weighted by molar-refractivity contribution is 9.10. The predicted molar refractivity (Wildman–Crippen MR) is 80.5 cm³/mol. The van der Waals surface area contributed by atoms with Crippen LogP contribution in [0.1, 0.15) is 12.6 Å². The van der Waals surface area contributed by atoms with Crippen molar-refractivity contribution in [1.82, 2.24) is 9.97 Å². The number of hydrogen-bond donors (Lipinski definition) is 0. The zero-order valence-electron chi connectivity index (χ0n) is 10.8. The number of fused-ring (bicyclic) bond motifs is 1. The third-order valence-electron chi connectivity index (χ3n) is 3.01. The van der Waals surface area contributed by atoms with Gasteiger partial charge in [-0.2, -0.15) is 0 Å². The summed E-state index contributed by atoms with van der Waals surface area (Å²) in [5.41, 5.74) is 1.74. The minimum atomic E-state index is 0.418. The van der Waals surface area contributed by atoms with Gasteiger partial charge in [0, 0.05) is 5.56 Å². The topological polar surface area (TPSA) is 44.2 Å². The Morgan fingerprint density at radius 2 is 1.95 bits per heavy atom. The zero-order chi connectivity index (χ0) is 14.1. The largest absolute Gasteiger partial charge is 0.486 e. The van der Waals surface area contributed by atoms with Gasteiger partial charge in [0.05, 0.1) is 10.2 Å². The van der Waals surface area contributed by atoms with Crippen LogP contribution >= 0.6 is 27.5 Å². The van der Waals surface area contributed by atoms with Crippen molar-refractivity contribution < 1.29 is 9.47 Å².